The maximum Gasteiger partial charge on any atom is 0.243 e. The van der Waals surface area contributed by atoms with Crippen molar-refractivity contribution in [3.05, 3.63) is 30.1 Å². The molecule has 0 radical (unpaired) electrons. The zero-order chi connectivity index (χ0) is 17.7. The summed E-state index contributed by atoms with van der Waals surface area (Å²) in [6.07, 6.45) is 2.22. The van der Waals surface area contributed by atoms with Gasteiger partial charge in [-0.2, -0.15) is 4.31 Å². The summed E-state index contributed by atoms with van der Waals surface area (Å²) >= 11 is 0. The molecule has 1 N–H and O–H groups in total. The van der Waals surface area contributed by atoms with Crippen LogP contribution in [0.2, 0.25) is 0 Å². The Hall–Kier alpha value is -1.47. The summed E-state index contributed by atoms with van der Waals surface area (Å²) in [4.78, 5) is 12.3. The van der Waals surface area contributed by atoms with E-state index in [9.17, 15) is 17.6 Å². The van der Waals surface area contributed by atoms with E-state index in [4.69, 9.17) is 0 Å². The number of piperidine rings is 1. The van der Waals surface area contributed by atoms with Crippen molar-refractivity contribution in [1.82, 2.24) is 9.62 Å². The number of nitrogens with one attached hydrogen (secondary N) is 1. The Morgan fingerprint density at radius 2 is 2.00 bits per heavy atom. The first-order valence-corrected chi connectivity index (χ1v) is 9.78. The van der Waals surface area contributed by atoms with Gasteiger partial charge in [-0.15, -0.1) is 0 Å². The Morgan fingerprint density at radius 3 is 2.62 bits per heavy atom. The number of nitrogens with zero attached hydrogens (tertiary/aromatic N) is 1. The molecule has 2 rings (SSSR count). The maximum absolute atomic E-state index is 13.0. The molecule has 0 saturated carbocycles. The van der Waals surface area contributed by atoms with Crippen LogP contribution >= 0.6 is 0 Å². The molecule has 1 aromatic carbocycles. The van der Waals surface area contributed by atoms with Gasteiger partial charge in [0.1, 0.15) is 5.82 Å². The van der Waals surface area contributed by atoms with Crippen molar-refractivity contribution in [3.8, 4) is 0 Å². The van der Waals surface area contributed by atoms with E-state index in [-0.39, 0.29) is 23.3 Å². The minimum absolute atomic E-state index is 0.0600. The van der Waals surface area contributed by atoms with E-state index in [1.165, 1.54) is 16.4 Å². The van der Waals surface area contributed by atoms with Crippen LogP contribution in [0.1, 0.15) is 33.1 Å². The van der Waals surface area contributed by atoms with Crippen molar-refractivity contribution < 1.29 is 17.6 Å². The molecule has 0 spiro atoms. The molecule has 1 aliphatic rings. The summed E-state index contributed by atoms with van der Waals surface area (Å²) < 4.78 is 39.6. The Morgan fingerprint density at radius 1 is 1.33 bits per heavy atom. The maximum atomic E-state index is 13.0. The summed E-state index contributed by atoms with van der Waals surface area (Å²) in [5.41, 5.74) is 0. The lowest BCUT2D eigenvalue weighted by Gasteiger charge is -2.31. The van der Waals surface area contributed by atoms with Crippen LogP contribution < -0.4 is 5.32 Å². The van der Waals surface area contributed by atoms with Crippen LogP contribution in [-0.4, -0.2) is 38.3 Å². The Bertz CT molecular complexity index is 659. The molecule has 134 valence electrons. The third-order valence-electron chi connectivity index (χ3n) is 4.23. The molecule has 1 saturated heterocycles. The number of carbonyl (C=O) groups excluding carboxylic acids is 1. The zero-order valence-electron chi connectivity index (χ0n) is 14.2. The molecule has 1 heterocycles. The molecule has 1 aliphatic heterocycles. The van der Waals surface area contributed by atoms with E-state index in [0.717, 1.165) is 18.6 Å². The lowest BCUT2D eigenvalue weighted by molar-refractivity contribution is -0.126. The number of rotatable bonds is 6. The number of hydrogen-bond acceptors (Lipinski definition) is 3. The smallest absolute Gasteiger partial charge is 0.243 e. The van der Waals surface area contributed by atoms with E-state index in [2.05, 4.69) is 19.2 Å². The molecule has 1 aromatic rings. The fourth-order valence-corrected chi connectivity index (χ4v) is 4.28. The highest BCUT2D eigenvalue weighted by atomic mass is 32.2. The van der Waals surface area contributed by atoms with Gasteiger partial charge < -0.3 is 5.32 Å². The van der Waals surface area contributed by atoms with E-state index < -0.39 is 15.8 Å². The van der Waals surface area contributed by atoms with Gasteiger partial charge in [-0.25, -0.2) is 12.8 Å². The van der Waals surface area contributed by atoms with Gasteiger partial charge in [-0.1, -0.05) is 13.8 Å². The van der Waals surface area contributed by atoms with Gasteiger partial charge >= 0.3 is 0 Å². The standard InChI is InChI=1S/C17H25FN2O3S/c1-13(2)9-10-19-17(21)14-4-3-11-20(12-14)24(22,23)16-7-5-15(18)6-8-16/h5-8,13-14H,3-4,9-12H2,1-2H3,(H,19,21)/t14-/m1/s1. The van der Waals surface area contributed by atoms with Gasteiger partial charge in [0.15, 0.2) is 0 Å². The van der Waals surface area contributed by atoms with Crippen molar-refractivity contribution in [2.45, 2.75) is 38.0 Å². The molecule has 0 unspecified atom stereocenters. The van der Waals surface area contributed by atoms with Crippen molar-refractivity contribution >= 4 is 15.9 Å². The topological polar surface area (TPSA) is 66.5 Å². The molecule has 24 heavy (non-hydrogen) atoms. The average molecular weight is 356 g/mol. The van der Waals surface area contributed by atoms with E-state index in [0.29, 0.717) is 31.8 Å². The first-order valence-electron chi connectivity index (χ1n) is 8.34. The van der Waals surface area contributed by atoms with Crippen LogP contribution in [0.5, 0.6) is 0 Å². The number of hydrogen-bond donors (Lipinski definition) is 1. The van der Waals surface area contributed by atoms with Gasteiger partial charge in [0, 0.05) is 19.6 Å². The van der Waals surface area contributed by atoms with Crippen molar-refractivity contribution in [2.24, 2.45) is 11.8 Å². The quantitative estimate of drug-likeness (QED) is 0.851. The second-order valence-electron chi connectivity index (χ2n) is 6.63. The number of carbonyl (C=O) groups is 1. The Balaban J connectivity index is 2.01. The molecule has 1 atom stereocenters. The lowest BCUT2D eigenvalue weighted by atomic mass is 9.98. The van der Waals surface area contributed by atoms with Gasteiger partial charge in [0.2, 0.25) is 15.9 Å². The first kappa shape index (κ1) is 18.9. The van der Waals surface area contributed by atoms with Crippen molar-refractivity contribution in [1.29, 1.82) is 0 Å². The molecule has 1 amide bonds. The number of halogens is 1. The summed E-state index contributed by atoms with van der Waals surface area (Å²) in [7, 11) is -3.69. The third-order valence-corrected chi connectivity index (χ3v) is 6.11. The number of sulfonamides is 1. The second-order valence-corrected chi connectivity index (χ2v) is 8.57. The molecule has 1 fully saturated rings. The largest absolute Gasteiger partial charge is 0.356 e. The van der Waals surface area contributed by atoms with Crippen LogP contribution in [0.15, 0.2) is 29.2 Å². The predicted octanol–water partition coefficient (Wildman–Crippen LogP) is 2.39. The van der Waals surface area contributed by atoms with Gasteiger partial charge in [0.05, 0.1) is 10.8 Å². The normalized spacial score (nSPS) is 19.4. The van der Waals surface area contributed by atoms with E-state index >= 15 is 0 Å². The highest BCUT2D eigenvalue weighted by Crippen LogP contribution is 2.24. The van der Waals surface area contributed by atoms with E-state index in [1.54, 1.807) is 0 Å². The number of benzene rings is 1. The minimum atomic E-state index is -3.69. The number of amides is 1. The van der Waals surface area contributed by atoms with Crippen LogP contribution in [0.4, 0.5) is 4.39 Å². The van der Waals surface area contributed by atoms with Gasteiger partial charge in [-0.05, 0) is 49.4 Å². The Kier molecular flexibility index (Phi) is 6.34. The Labute approximate surface area is 143 Å². The fourth-order valence-electron chi connectivity index (χ4n) is 2.76. The van der Waals surface area contributed by atoms with Crippen molar-refractivity contribution in [2.75, 3.05) is 19.6 Å². The molecule has 0 aliphatic carbocycles. The fraction of sp³-hybridized carbons (Fsp3) is 0.588. The summed E-state index contributed by atoms with van der Waals surface area (Å²) in [6, 6.07) is 4.79. The zero-order valence-corrected chi connectivity index (χ0v) is 15.0. The van der Waals surface area contributed by atoms with Crippen LogP contribution in [0, 0.1) is 17.7 Å². The first-order chi connectivity index (χ1) is 11.3. The summed E-state index contributed by atoms with van der Waals surface area (Å²) in [5.74, 6) is -0.391. The highest BCUT2D eigenvalue weighted by Gasteiger charge is 2.33. The molecule has 5 nitrogen and oxygen atoms in total. The van der Waals surface area contributed by atoms with Crippen molar-refractivity contribution in [3.63, 3.8) is 0 Å². The lowest BCUT2D eigenvalue weighted by Crippen LogP contribution is -2.45. The van der Waals surface area contributed by atoms with Crippen LogP contribution in [0.3, 0.4) is 0 Å². The minimum Gasteiger partial charge on any atom is -0.356 e. The average Bonchev–Trinajstić information content (AvgIpc) is 2.55. The second kappa shape index (κ2) is 8.07. The molecule has 7 heteroatoms. The SMILES string of the molecule is CC(C)CCNC(=O)[C@@H]1CCCN(S(=O)(=O)c2ccc(F)cc2)C1. The molecule has 0 bridgehead atoms. The summed E-state index contributed by atoms with van der Waals surface area (Å²) in [6.45, 7) is 5.34. The third kappa shape index (κ3) is 4.77. The summed E-state index contributed by atoms with van der Waals surface area (Å²) in [5, 5.41) is 2.89. The van der Waals surface area contributed by atoms with Gasteiger partial charge in [0.25, 0.3) is 0 Å². The van der Waals surface area contributed by atoms with Crippen LogP contribution in [-0.2, 0) is 14.8 Å². The predicted molar refractivity (Wildman–Crippen MR) is 90.3 cm³/mol. The van der Waals surface area contributed by atoms with E-state index in [1.807, 2.05) is 0 Å². The van der Waals surface area contributed by atoms with Gasteiger partial charge in [-0.3, -0.25) is 4.79 Å². The monoisotopic (exact) mass is 356 g/mol. The molecular formula is C17H25FN2O3S. The highest BCUT2D eigenvalue weighted by molar-refractivity contribution is 7.89. The molecule has 0 aromatic heterocycles. The molecular weight excluding hydrogens is 331 g/mol. The van der Waals surface area contributed by atoms with Crippen LogP contribution in [0.25, 0.3) is 0 Å².